The van der Waals surface area contributed by atoms with Crippen LogP contribution >= 0.6 is 0 Å². The van der Waals surface area contributed by atoms with E-state index in [0.29, 0.717) is 0 Å². The molecule has 0 amide bonds. The van der Waals surface area contributed by atoms with Gasteiger partial charge in [-0.25, -0.2) is 0 Å². The fourth-order valence-corrected chi connectivity index (χ4v) is 1.82. The minimum atomic E-state index is 0.862. The SMILES string of the molecule is CCNc1ccc(NCc2ccc(C)cc2)cc1. The standard InChI is InChI=1S/C16H20N2/c1-3-17-15-8-10-16(11-9-15)18-12-14-6-4-13(2)5-7-14/h4-11,17-18H,3,12H2,1-2H3. The summed E-state index contributed by atoms with van der Waals surface area (Å²) in [5.41, 5.74) is 4.92. The molecule has 0 fully saturated rings. The van der Waals surface area contributed by atoms with Crippen LogP contribution in [-0.2, 0) is 6.54 Å². The van der Waals surface area contributed by atoms with E-state index >= 15 is 0 Å². The van der Waals surface area contributed by atoms with Crippen molar-refractivity contribution in [1.82, 2.24) is 0 Å². The van der Waals surface area contributed by atoms with E-state index in [1.807, 2.05) is 0 Å². The molecular weight excluding hydrogens is 220 g/mol. The Kier molecular flexibility index (Phi) is 4.24. The summed E-state index contributed by atoms with van der Waals surface area (Å²) in [6, 6.07) is 17.0. The summed E-state index contributed by atoms with van der Waals surface area (Å²) in [4.78, 5) is 0. The lowest BCUT2D eigenvalue weighted by molar-refractivity contribution is 1.14. The van der Waals surface area contributed by atoms with Crippen molar-refractivity contribution in [3.63, 3.8) is 0 Å². The zero-order chi connectivity index (χ0) is 12.8. The predicted molar refractivity (Wildman–Crippen MR) is 79.1 cm³/mol. The average Bonchev–Trinajstić information content (AvgIpc) is 2.40. The Labute approximate surface area is 109 Å². The number of benzene rings is 2. The monoisotopic (exact) mass is 240 g/mol. The topological polar surface area (TPSA) is 24.1 Å². The highest BCUT2D eigenvalue weighted by atomic mass is 14.9. The van der Waals surface area contributed by atoms with E-state index in [4.69, 9.17) is 0 Å². The summed E-state index contributed by atoms with van der Waals surface area (Å²) in [6.45, 7) is 6.02. The van der Waals surface area contributed by atoms with Gasteiger partial charge in [0.2, 0.25) is 0 Å². The van der Waals surface area contributed by atoms with Crippen LogP contribution in [0.1, 0.15) is 18.1 Å². The minimum Gasteiger partial charge on any atom is -0.385 e. The van der Waals surface area contributed by atoms with Crippen molar-refractivity contribution in [2.75, 3.05) is 17.2 Å². The average molecular weight is 240 g/mol. The van der Waals surface area contributed by atoms with Gasteiger partial charge in [-0.05, 0) is 43.7 Å². The molecule has 0 aliphatic rings. The molecule has 2 rings (SSSR count). The minimum absolute atomic E-state index is 0.862. The van der Waals surface area contributed by atoms with Gasteiger partial charge >= 0.3 is 0 Å². The smallest absolute Gasteiger partial charge is 0.0400 e. The second kappa shape index (κ2) is 6.10. The van der Waals surface area contributed by atoms with Gasteiger partial charge in [-0.2, -0.15) is 0 Å². The molecule has 0 aromatic heterocycles. The zero-order valence-corrected chi connectivity index (χ0v) is 11.0. The summed E-state index contributed by atoms with van der Waals surface area (Å²) in [7, 11) is 0. The van der Waals surface area contributed by atoms with Crippen LogP contribution < -0.4 is 10.6 Å². The lowest BCUT2D eigenvalue weighted by atomic mass is 10.1. The lowest BCUT2D eigenvalue weighted by Crippen LogP contribution is -2.00. The summed E-state index contributed by atoms with van der Waals surface area (Å²) in [6.07, 6.45) is 0. The fraction of sp³-hybridized carbons (Fsp3) is 0.250. The maximum atomic E-state index is 3.42. The first-order valence-electron chi connectivity index (χ1n) is 6.41. The highest BCUT2D eigenvalue weighted by molar-refractivity contribution is 5.53. The van der Waals surface area contributed by atoms with E-state index in [-0.39, 0.29) is 0 Å². The number of rotatable bonds is 5. The molecule has 2 heteroatoms. The molecule has 0 atom stereocenters. The first kappa shape index (κ1) is 12.5. The van der Waals surface area contributed by atoms with Crippen molar-refractivity contribution in [1.29, 1.82) is 0 Å². The van der Waals surface area contributed by atoms with Gasteiger partial charge in [-0.1, -0.05) is 29.8 Å². The van der Waals surface area contributed by atoms with Crippen LogP contribution in [0.5, 0.6) is 0 Å². The predicted octanol–water partition coefficient (Wildman–Crippen LogP) is 4.04. The van der Waals surface area contributed by atoms with E-state index in [2.05, 4.69) is 73.0 Å². The van der Waals surface area contributed by atoms with Crippen molar-refractivity contribution in [2.45, 2.75) is 20.4 Å². The summed E-state index contributed by atoms with van der Waals surface area (Å²) >= 11 is 0. The molecule has 0 unspecified atom stereocenters. The molecule has 0 spiro atoms. The van der Waals surface area contributed by atoms with E-state index < -0.39 is 0 Å². The van der Waals surface area contributed by atoms with E-state index in [9.17, 15) is 0 Å². The second-order valence-electron chi connectivity index (χ2n) is 4.45. The van der Waals surface area contributed by atoms with Gasteiger partial charge in [-0.15, -0.1) is 0 Å². The van der Waals surface area contributed by atoms with Crippen molar-refractivity contribution in [2.24, 2.45) is 0 Å². The summed E-state index contributed by atoms with van der Waals surface area (Å²) in [5, 5.41) is 6.71. The van der Waals surface area contributed by atoms with Crippen molar-refractivity contribution < 1.29 is 0 Å². The number of hydrogen-bond donors (Lipinski definition) is 2. The third kappa shape index (κ3) is 3.52. The number of hydrogen-bond acceptors (Lipinski definition) is 2. The quantitative estimate of drug-likeness (QED) is 0.824. The third-order valence-corrected chi connectivity index (χ3v) is 2.88. The first-order valence-corrected chi connectivity index (χ1v) is 6.41. The van der Waals surface area contributed by atoms with Crippen molar-refractivity contribution in [3.05, 3.63) is 59.7 Å². The van der Waals surface area contributed by atoms with Gasteiger partial charge in [0.1, 0.15) is 0 Å². The van der Waals surface area contributed by atoms with Crippen LogP contribution in [0.25, 0.3) is 0 Å². The normalized spacial score (nSPS) is 10.1. The van der Waals surface area contributed by atoms with Gasteiger partial charge in [-0.3, -0.25) is 0 Å². The van der Waals surface area contributed by atoms with E-state index in [1.54, 1.807) is 0 Å². The summed E-state index contributed by atoms with van der Waals surface area (Å²) < 4.78 is 0. The van der Waals surface area contributed by atoms with Gasteiger partial charge < -0.3 is 10.6 Å². The Morgan fingerprint density at radius 1 is 0.778 bits per heavy atom. The van der Waals surface area contributed by atoms with Gasteiger partial charge in [0.25, 0.3) is 0 Å². The van der Waals surface area contributed by atoms with Crippen LogP contribution in [-0.4, -0.2) is 6.54 Å². The molecule has 2 N–H and O–H groups in total. The van der Waals surface area contributed by atoms with Crippen LogP contribution in [0.3, 0.4) is 0 Å². The van der Waals surface area contributed by atoms with Gasteiger partial charge in [0.05, 0.1) is 0 Å². The molecular formula is C16H20N2. The molecule has 2 aromatic carbocycles. The van der Waals surface area contributed by atoms with Crippen LogP contribution in [0.4, 0.5) is 11.4 Å². The zero-order valence-electron chi connectivity index (χ0n) is 11.0. The molecule has 0 saturated carbocycles. The fourth-order valence-electron chi connectivity index (χ4n) is 1.82. The third-order valence-electron chi connectivity index (χ3n) is 2.88. The number of anilines is 2. The first-order chi connectivity index (χ1) is 8.78. The molecule has 0 aliphatic heterocycles. The highest BCUT2D eigenvalue weighted by Gasteiger charge is 1.95. The number of aryl methyl sites for hydroxylation is 1. The van der Waals surface area contributed by atoms with Crippen LogP contribution in [0.15, 0.2) is 48.5 Å². The van der Waals surface area contributed by atoms with Crippen molar-refractivity contribution >= 4 is 11.4 Å². The Bertz CT molecular complexity index is 471. The lowest BCUT2D eigenvalue weighted by Gasteiger charge is -2.08. The van der Waals surface area contributed by atoms with Crippen molar-refractivity contribution in [3.8, 4) is 0 Å². The summed E-state index contributed by atoms with van der Waals surface area (Å²) in [5.74, 6) is 0. The van der Waals surface area contributed by atoms with Gasteiger partial charge in [0.15, 0.2) is 0 Å². The second-order valence-corrected chi connectivity index (χ2v) is 4.45. The Balaban J connectivity index is 1.91. The van der Waals surface area contributed by atoms with Crippen LogP contribution in [0, 0.1) is 6.92 Å². The van der Waals surface area contributed by atoms with Gasteiger partial charge in [0, 0.05) is 24.5 Å². The Morgan fingerprint density at radius 3 is 1.89 bits per heavy atom. The molecule has 2 aromatic rings. The highest BCUT2D eigenvalue weighted by Crippen LogP contribution is 2.14. The molecule has 0 bridgehead atoms. The molecule has 94 valence electrons. The number of nitrogens with one attached hydrogen (secondary N) is 2. The Morgan fingerprint density at radius 2 is 1.33 bits per heavy atom. The van der Waals surface area contributed by atoms with Crippen LogP contribution in [0.2, 0.25) is 0 Å². The van der Waals surface area contributed by atoms with E-state index in [1.165, 1.54) is 16.8 Å². The molecule has 0 radical (unpaired) electrons. The largest absolute Gasteiger partial charge is 0.385 e. The molecule has 0 heterocycles. The molecule has 2 nitrogen and oxygen atoms in total. The molecule has 0 aliphatic carbocycles. The van der Waals surface area contributed by atoms with E-state index in [0.717, 1.165) is 18.8 Å². The molecule has 18 heavy (non-hydrogen) atoms. The maximum absolute atomic E-state index is 3.42. The Hall–Kier alpha value is -1.96. The molecule has 0 saturated heterocycles. The maximum Gasteiger partial charge on any atom is 0.0400 e.